The molecule has 0 saturated heterocycles. The second-order valence-electron chi connectivity index (χ2n) is 3.91. The fourth-order valence-electron chi connectivity index (χ4n) is 1.35. The van der Waals surface area contributed by atoms with Gasteiger partial charge in [-0.2, -0.15) is 0 Å². The van der Waals surface area contributed by atoms with Crippen molar-refractivity contribution >= 4 is 11.6 Å². The van der Waals surface area contributed by atoms with Crippen LogP contribution >= 0.6 is 0 Å². The summed E-state index contributed by atoms with van der Waals surface area (Å²) in [6, 6.07) is 3.94. The Morgan fingerprint density at radius 2 is 2.29 bits per heavy atom. The van der Waals surface area contributed by atoms with Crippen molar-refractivity contribution in [1.29, 1.82) is 0 Å². The minimum absolute atomic E-state index is 0.0323. The predicted molar refractivity (Wildman–Crippen MR) is 64.5 cm³/mol. The third-order valence-corrected chi connectivity index (χ3v) is 2.26. The number of carbonyl (C=O) groups is 1. The smallest absolute Gasteiger partial charge is 0.224 e. The zero-order chi connectivity index (χ0) is 12.8. The van der Waals surface area contributed by atoms with E-state index in [1.54, 1.807) is 0 Å². The summed E-state index contributed by atoms with van der Waals surface area (Å²) in [5, 5.41) is 2.60. The van der Waals surface area contributed by atoms with E-state index in [0.29, 0.717) is 24.3 Å². The Morgan fingerprint density at radius 3 is 2.88 bits per heavy atom. The van der Waals surface area contributed by atoms with Gasteiger partial charge in [0, 0.05) is 18.5 Å². The van der Waals surface area contributed by atoms with Crippen LogP contribution in [0.2, 0.25) is 0 Å². The Bertz CT molecular complexity index is 394. The quantitative estimate of drug-likeness (QED) is 0.826. The van der Waals surface area contributed by atoms with Crippen molar-refractivity contribution in [2.24, 2.45) is 5.73 Å². The maximum atomic E-state index is 13.0. The number of halogens is 1. The minimum atomic E-state index is -0.423. The van der Waals surface area contributed by atoms with E-state index < -0.39 is 5.82 Å². The van der Waals surface area contributed by atoms with Crippen LogP contribution in [-0.2, 0) is 4.79 Å². The van der Waals surface area contributed by atoms with Crippen LogP contribution in [0.1, 0.15) is 19.8 Å². The van der Waals surface area contributed by atoms with Gasteiger partial charge in [0.1, 0.15) is 11.6 Å². The van der Waals surface area contributed by atoms with Gasteiger partial charge in [-0.3, -0.25) is 4.79 Å². The van der Waals surface area contributed by atoms with Crippen molar-refractivity contribution < 1.29 is 13.9 Å². The molecule has 1 unspecified atom stereocenters. The van der Waals surface area contributed by atoms with Gasteiger partial charge in [0.05, 0.1) is 12.8 Å². The lowest BCUT2D eigenvalue weighted by molar-refractivity contribution is -0.116. The van der Waals surface area contributed by atoms with Crippen LogP contribution in [0.15, 0.2) is 18.2 Å². The van der Waals surface area contributed by atoms with E-state index in [9.17, 15) is 9.18 Å². The number of methoxy groups -OCH3 is 1. The molecule has 1 atom stereocenters. The van der Waals surface area contributed by atoms with Gasteiger partial charge in [0.15, 0.2) is 0 Å². The van der Waals surface area contributed by atoms with E-state index >= 15 is 0 Å². The Labute approximate surface area is 100.0 Å². The molecule has 0 radical (unpaired) electrons. The molecule has 0 aliphatic heterocycles. The van der Waals surface area contributed by atoms with Gasteiger partial charge in [0.2, 0.25) is 5.91 Å². The molecule has 0 fully saturated rings. The summed E-state index contributed by atoms with van der Waals surface area (Å²) < 4.78 is 18.0. The number of benzene rings is 1. The number of amides is 1. The first-order chi connectivity index (χ1) is 8.02. The van der Waals surface area contributed by atoms with Crippen LogP contribution in [0.25, 0.3) is 0 Å². The Balaban J connectivity index is 2.66. The lowest BCUT2D eigenvalue weighted by Gasteiger charge is -2.10. The largest absolute Gasteiger partial charge is 0.495 e. The highest BCUT2D eigenvalue weighted by Crippen LogP contribution is 2.24. The van der Waals surface area contributed by atoms with Crippen LogP contribution in [-0.4, -0.2) is 19.1 Å². The lowest BCUT2D eigenvalue weighted by Crippen LogP contribution is -2.19. The Morgan fingerprint density at radius 1 is 1.59 bits per heavy atom. The molecule has 5 heteroatoms. The maximum Gasteiger partial charge on any atom is 0.224 e. The topological polar surface area (TPSA) is 64.3 Å². The molecule has 3 N–H and O–H groups in total. The SMILES string of the molecule is COc1ccc(F)cc1NC(=O)CCC(C)N. The standard InChI is InChI=1S/C12H17FN2O2/c1-8(14)3-6-12(16)15-10-7-9(13)4-5-11(10)17-2/h4-5,7-8H,3,6,14H2,1-2H3,(H,15,16). The fourth-order valence-corrected chi connectivity index (χ4v) is 1.35. The third-order valence-electron chi connectivity index (χ3n) is 2.26. The van der Waals surface area contributed by atoms with Crippen molar-refractivity contribution in [2.75, 3.05) is 12.4 Å². The summed E-state index contributed by atoms with van der Waals surface area (Å²) in [6.45, 7) is 1.83. The molecule has 4 nitrogen and oxygen atoms in total. The Kier molecular flexibility index (Phi) is 4.90. The van der Waals surface area contributed by atoms with E-state index in [0.717, 1.165) is 0 Å². The summed E-state index contributed by atoms with van der Waals surface area (Å²) in [7, 11) is 1.46. The molecule has 94 valence electrons. The molecule has 0 heterocycles. The number of rotatable bonds is 5. The first-order valence-corrected chi connectivity index (χ1v) is 5.42. The maximum absolute atomic E-state index is 13.0. The molecule has 1 rings (SSSR count). The van der Waals surface area contributed by atoms with E-state index in [1.165, 1.54) is 25.3 Å². The van der Waals surface area contributed by atoms with Crippen LogP contribution in [0.5, 0.6) is 5.75 Å². The molecule has 0 aromatic heterocycles. The van der Waals surface area contributed by atoms with E-state index in [4.69, 9.17) is 10.5 Å². The number of nitrogens with one attached hydrogen (secondary N) is 1. The highest BCUT2D eigenvalue weighted by Gasteiger charge is 2.09. The van der Waals surface area contributed by atoms with Gasteiger partial charge < -0.3 is 15.8 Å². The van der Waals surface area contributed by atoms with Crippen LogP contribution < -0.4 is 15.8 Å². The highest BCUT2D eigenvalue weighted by molar-refractivity contribution is 5.92. The number of nitrogens with two attached hydrogens (primary N) is 1. The lowest BCUT2D eigenvalue weighted by atomic mass is 10.2. The van der Waals surface area contributed by atoms with E-state index in [1.807, 2.05) is 6.92 Å². The van der Waals surface area contributed by atoms with Gasteiger partial charge in [-0.1, -0.05) is 0 Å². The molecule has 17 heavy (non-hydrogen) atoms. The fraction of sp³-hybridized carbons (Fsp3) is 0.417. The second kappa shape index (κ2) is 6.20. The van der Waals surface area contributed by atoms with Gasteiger partial charge in [-0.25, -0.2) is 4.39 Å². The first kappa shape index (κ1) is 13.4. The molecule has 0 saturated carbocycles. The number of hydrogen-bond donors (Lipinski definition) is 2. The van der Waals surface area contributed by atoms with Gasteiger partial charge >= 0.3 is 0 Å². The Hall–Kier alpha value is -1.62. The molecule has 1 amide bonds. The molecular formula is C12H17FN2O2. The normalized spacial score (nSPS) is 12.0. The summed E-state index contributed by atoms with van der Waals surface area (Å²) in [5.74, 6) is -0.194. The number of anilines is 1. The average molecular weight is 240 g/mol. The monoisotopic (exact) mass is 240 g/mol. The van der Waals surface area contributed by atoms with Crippen molar-refractivity contribution in [3.63, 3.8) is 0 Å². The van der Waals surface area contributed by atoms with E-state index in [-0.39, 0.29) is 11.9 Å². The van der Waals surface area contributed by atoms with Gasteiger partial charge in [-0.05, 0) is 25.5 Å². The predicted octanol–water partition coefficient (Wildman–Crippen LogP) is 1.90. The van der Waals surface area contributed by atoms with Crippen molar-refractivity contribution in [2.45, 2.75) is 25.8 Å². The molecule has 0 bridgehead atoms. The first-order valence-electron chi connectivity index (χ1n) is 5.42. The van der Waals surface area contributed by atoms with Crippen LogP contribution in [0.3, 0.4) is 0 Å². The zero-order valence-corrected chi connectivity index (χ0v) is 10.00. The summed E-state index contributed by atoms with van der Waals surface area (Å²) in [6.07, 6.45) is 0.890. The van der Waals surface area contributed by atoms with Crippen LogP contribution in [0.4, 0.5) is 10.1 Å². The van der Waals surface area contributed by atoms with Crippen molar-refractivity contribution in [1.82, 2.24) is 0 Å². The summed E-state index contributed by atoms with van der Waals surface area (Å²) >= 11 is 0. The minimum Gasteiger partial charge on any atom is -0.495 e. The molecular weight excluding hydrogens is 223 g/mol. The molecule has 0 aliphatic carbocycles. The highest BCUT2D eigenvalue weighted by atomic mass is 19.1. The van der Waals surface area contributed by atoms with Crippen molar-refractivity contribution in [3.05, 3.63) is 24.0 Å². The number of hydrogen-bond acceptors (Lipinski definition) is 3. The third kappa shape index (κ3) is 4.40. The molecule has 0 aliphatic rings. The summed E-state index contributed by atoms with van der Waals surface area (Å²) in [5.41, 5.74) is 5.88. The van der Waals surface area contributed by atoms with Gasteiger partial charge in [0.25, 0.3) is 0 Å². The van der Waals surface area contributed by atoms with E-state index in [2.05, 4.69) is 5.32 Å². The number of carbonyl (C=O) groups excluding carboxylic acids is 1. The second-order valence-corrected chi connectivity index (χ2v) is 3.91. The molecule has 0 spiro atoms. The van der Waals surface area contributed by atoms with Crippen LogP contribution in [0, 0.1) is 5.82 Å². The average Bonchev–Trinajstić information content (AvgIpc) is 2.27. The molecule has 1 aromatic carbocycles. The molecule has 1 aromatic rings. The van der Waals surface area contributed by atoms with Crippen molar-refractivity contribution in [3.8, 4) is 5.75 Å². The van der Waals surface area contributed by atoms with Gasteiger partial charge in [-0.15, -0.1) is 0 Å². The zero-order valence-electron chi connectivity index (χ0n) is 10.00. The summed E-state index contributed by atoms with van der Waals surface area (Å²) in [4.78, 5) is 11.6. The number of ether oxygens (including phenoxy) is 1.